The fourth-order valence-corrected chi connectivity index (χ4v) is 3.04. The molecule has 2 heterocycles. The molecule has 0 fully saturated rings. The second kappa shape index (κ2) is 6.73. The van der Waals surface area contributed by atoms with Gasteiger partial charge in [0.1, 0.15) is 0 Å². The van der Waals surface area contributed by atoms with Crippen LogP contribution >= 0.6 is 11.6 Å². The Kier molecular flexibility index (Phi) is 4.66. The van der Waals surface area contributed by atoms with Crippen LogP contribution in [0.4, 0.5) is 0 Å². The molecular weight excluding hydrogens is 330 g/mol. The van der Waals surface area contributed by atoms with Crippen molar-refractivity contribution in [2.75, 3.05) is 20.3 Å². The van der Waals surface area contributed by atoms with Gasteiger partial charge in [0, 0.05) is 19.5 Å². The molecule has 6 nitrogen and oxygen atoms in total. The molecule has 0 bridgehead atoms. The summed E-state index contributed by atoms with van der Waals surface area (Å²) in [5.74, 6) is 1.47. The molecule has 0 spiro atoms. The summed E-state index contributed by atoms with van der Waals surface area (Å²) in [5.41, 5.74) is 2.12. The first-order valence-corrected chi connectivity index (χ1v) is 8.15. The molecule has 0 saturated heterocycles. The number of benzene rings is 1. The van der Waals surface area contributed by atoms with Gasteiger partial charge in [-0.3, -0.25) is 9.48 Å². The van der Waals surface area contributed by atoms with Crippen molar-refractivity contribution in [3.05, 3.63) is 40.2 Å². The number of hydrogen-bond donors (Lipinski definition) is 1. The minimum Gasteiger partial charge on any atom is -0.493 e. The maximum Gasteiger partial charge on any atom is 0.273 e. The predicted molar refractivity (Wildman–Crippen MR) is 91.0 cm³/mol. The van der Waals surface area contributed by atoms with Crippen LogP contribution in [-0.4, -0.2) is 35.9 Å². The van der Waals surface area contributed by atoms with E-state index in [-0.39, 0.29) is 17.5 Å². The number of methoxy groups -OCH3 is 1. The molecule has 1 atom stereocenters. The second-order valence-corrected chi connectivity index (χ2v) is 6.29. The van der Waals surface area contributed by atoms with Gasteiger partial charge in [-0.05, 0) is 25.0 Å². The Hall–Kier alpha value is -2.21. The Morgan fingerprint density at radius 2 is 2.33 bits per heavy atom. The number of carbonyl (C=O) groups excluding carboxylic acids is 1. The van der Waals surface area contributed by atoms with Crippen molar-refractivity contribution in [2.24, 2.45) is 13.0 Å². The van der Waals surface area contributed by atoms with E-state index in [4.69, 9.17) is 21.1 Å². The average Bonchev–Trinajstić information content (AvgIpc) is 2.86. The Balaban J connectivity index is 1.63. The van der Waals surface area contributed by atoms with E-state index in [0.717, 1.165) is 29.2 Å². The Labute approximate surface area is 145 Å². The Morgan fingerprint density at radius 3 is 3.00 bits per heavy atom. The third-order valence-corrected chi connectivity index (χ3v) is 4.73. The van der Waals surface area contributed by atoms with Crippen LogP contribution in [0.25, 0.3) is 0 Å². The third kappa shape index (κ3) is 3.06. The molecule has 1 amide bonds. The molecule has 7 heteroatoms. The summed E-state index contributed by atoms with van der Waals surface area (Å²) in [6.07, 6.45) is 0.821. The minimum atomic E-state index is -0.264. The van der Waals surface area contributed by atoms with Crippen LogP contribution in [0.3, 0.4) is 0 Å². The molecule has 0 aliphatic carbocycles. The number of carbonyl (C=O) groups is 1. The van der Waals surface area contributed by atoms with Crippen molar-refractivity contribution in [2.45, 2.75) is 13.3 Å². The smallest absolute Gasteiger partial charge is 0.273 e. The van der Waals surface area contributed by atoms with Gasteiger partial charge in [-0.2, -0.15) is 5.10 Å². The maximum absolute atomic E-state index is 12.3. The van der Waals surface area contributed by atoms with Crippen LogP contribution < -0.4 is 14.8 Å². The molecule has 1 aromatic heterocycles. The van der Waals surface area contributed by atoms with E-state index in [1.54, 1.807) is 18.8 Å². The highest BCUT2D eigenvalue weighted by atomic mass is 35.5. The minimum absolute atomic E-state index is 0.192. The molecule has 1 aromatic carbocycles. The lowest BCUT2D eigenvalue weighted by atomic mass is 9.96. The number of nitrogens with one attached hydrogen (secondary N) is 1. The Bertz CT molecular complexity index is 773. The zero-order chi connectivity index (χ0) is 17.3. The highest BCUT2D eigenvalue weighted by Gasteiger charge is 2.24. The normalized spacial score (nSPS) is 16.2. The van der Waals surface area contributed by atoms with Gasteiger partial charge in [0.05, 0.1) is 24.4 Å². The number of aryl methyl sites for hydroxylation is 1. The lowest BCUT2D eigenvalue weighted by Gasteiger charge is -2.26. The van der Waals surface area contributed by atoms with E-state index < -0.39 is 0 Å². The summed E-state index contributed by atoms with van der Waals surface area (Å²) < 4.78 is 12.7. The first-order chi connectivity index (χ1) is 11.5. The van der Waals surface area contributed by atoms with Crippen molar-refractivity contribution in [3.63, 3.8) is 0 Å². The van der Waals surface area contributed by atoms with Gasteiger partial charge in [0.25, 0.3) is 5.91 Å². The fourth-order valence-electron chi connectivity index (χ4n) is 2.80. The molecular formula is C17H20ClN3O3. The summed E-state index contributed by atoms with van der Waals surface area (Å²) in [6.45, 7) is 2.86. The lowest BCUT2D eigenvalue weighted by molar-refractivity contribution is 0.0933. The molecule has 3 rings (SSSR count). The molecule has 2 aromatic rings. The van der Waals surface area contributed by atoms with Crippen molar-refractivity contribution in [3.8, 4) is 11.5 Å². The molecule has 24 heavy (non-hydrogen) atoms. The first kappa shape index (κ1) is 16.6. The van der Waals surface area contributed by atoms with Crippen LogP contribution in [0.15, 0.2) is 18.2 Å². The van der Waals surface area contributed by atoms with Gasteiger partial charge in [-0.1, -0.05) is 23.7 Å². The van der Waals surface area contributed by atoms with Gasteiger partial charge in [0.2, 0.25) is 0 Å². The van der Waals surface area contributed by atoms with E-state index in [1.807, 2.05) is 25.1 Å². The standard InChI is InChI=1S/C17H20ClN3O3/c1-10-14(18)15(20-21(10)2)17(22)19-8-11-7-12-5-4-6-13(23-3)16(12)24-9-11/h4-6,11H,7-9H2,1-3H3,(H,19,22)/t11-/m1/s1. The quantitative estimate of drug-likeness (QED) is 0.920. The van der Waals surface area contributed by atoms with E-state index >= 15 is 0 Å². The van der Waals surface area contributed by atoms with Gasteiger partial charge in [0.15, 0.2) is 17.2 Å². The lowest BCUT2D eigenvalue weighted by Crippen LogP contribution is -2.35. The van der Waals surface area contributed by atoms with Crippen molar-refractivity contribution in [1.29, 1.82) is 0 Å². The summed E-state index contributed by atoms with van der Waals surface area (Å²) in [5, 5.41) is 7.45. The van der Waals surface area contributed by atoms with Gasteiger partial charge < -0.3 is 14.8 Å². The van der Waals surface area contributed by atoms with Crippen LogP contribution in [0.1, 0.15) is 21.7 Å². The number of amides is 1. The zero-order valence-corrected chi connectivity index (χ0v) is 14.7. The first-order valence-electron chi connectivity index (χ1n) is 7.77. The van der Waals surface area contributed by atoms with Gasteiger partial charge in [-0.15, -0.1) is 0 Å². The molecule has 128 valence electrons. The van der Waals surface area contributed by atoms with Crippen LogP contribution in [0.2, 0.25) is 5.02 Å². The average molecular weight is 350 g/mol. The maximum atomic E-state index is 12.3. The number of hydrogen-bond acceptors (Lipinski definition) is 4. The van der Waals surface area contributed by atoms with E-state index in [0.29, 0.717) is 18.2 Å². The van der Waals surface area contributed by atoms with Crippen LogP contribution in [0, 0.1) is 12.8 Å². The number of fused-ring (bicyclic) bond motifs is 1. The van der Waals surface area contributed by atoms with Crippen molar-refractivity contribution in [1.82, 2.24) is 15.1 Å². The SMILES string of the molecule is COc1cccc2c1OC[C@@H](CNC(=O)c1nn(C)c(C)c1Cl)C2. The molecule has 1 N–H and O–H groups in total. The monoisotopic (exact) mass is 349 g/mol. The van der Waals surface area contributed by atoms with E-state index in [2.05, 4.69) is 10.4 Å². The topological polar surface area (TPSA) is 65.4 Å². The summed E-state index contributed by atoms with van der Waals surface area (Å²) in [4.78, 5) is 12.3. The highest BCUT2D eigenvalue weighted by Crippen LogP contribution is 2.35. The number of rotatable bonds is 4. The molecule has 0 unspecified atom stereocenters. The van der Waals surface area contributed by atoms with Crippen molar-refractivity contribution >= 4 is 17.5 Å². The predicted octanol–water partition coefficient (Wildman–Crippen LogP) is 2.37. The molecule has 1 aliphatic heterocycles. The summed E-state index contributed by atoms with van der Waals surface area (Å²) in [7, 11) is 3.39. The van der Waals surface area contributed by atoms with Crippen molar-refractivity contribution < 1.29 is 14.3 Å². The molecule has 1 aliphatic rings. The van der Waals surface area contributed by atoms with E-state index in [9.17, 15) is 4.79 Å². The van der Waals surface area contributed by atoms with Gasteiger partial charge in [-0.25, -0.2) is 0 Å². The van der Waals surface area contributed by atoms with Crippen LogP contribution in [0.5, 0.6) is 11.5 Å². The fraction of sp³-hybridized carbons (Fsp3) is 0.412. The van der Waals surface area contributed by atoms with E-state index in [1.165, 1.54) is 0 Å². The second-order valence-electron chi connectivity index (χ2n) is 5.91. The molecule has 0 saturated carbocycles. The van der Waals surface area contributed by atoms with Crippen LogP contribution in [-0.2, 0) is 13.5 Å². The van der Waals surface area contributed by atoms with Gasteiger partial charge >= 0.3 is 0 Å². The molecule has 0 radical (unpaired) electrons. The Morgan fingerprint density at radius 1 is 1.54 bits per heavy atom. The third-order valence-electron chi connectivity index (χ3n) is 4.28. The highest BCUT2D eigenvalue weighted by molar-refractivity contribution is 6.34. The number of para-hydroxylation sites is 1. The number of nitrogens with zero attached hydrogens (tertiary/aromatic N) is 2. The summed E-state index contributed by atoms with van der Waals surface area (Å²) in [6, 6.07) is 5.84. The number of halogens is 1. The largest absolute Gasteiger partial charge is 0.493 e. The summed E-state index contributed by atoms with van der Waals surface area (Å²) >= 11 is 6.15. The number of ether oxygens (including phenoxy) is 2. The zero-order valence-electron chi connectivity index (χ0n) is 13.9. The number of aromatic nitrogens is 2.